The van der Waals surface area contributed by atoms with Crippen LogP contribution in [0.1, 0.15) is 12.0 Å². The van der Waals surface area contributed by atoms with Crippen molar-refractivity contribution >= 4 is 32.9 Å². The monoisotopic (exact) mass is 463 g/mol. The first-order chi connectivity index (χ1) is 16.3. The van der Waals surface area contributed by atoms with Gasteiger partial charge in [0.2, 0.25) is 5.13 Å². The van der Waals surface area contributed by atoms with E-state index in [-0.39, 0.29) is 0 Å². The first-order valence-corrected chi connectivity index (χ1v) is 11.3. The summed E-state index contributed by atoms with van der Waals surface area (Å²) in [4.78, 5) is 4.50. The summed E-state index contributed by atoms with van der Waals surface area (Å²) >= 11 is 1.56. The molecule has 0 fully saturated rings. The van der Waals surface area contributed by atoms with Crippen molar-refractivity contribution < 1.29 is 18.9 Å². The third-order valence-corrected chi connectivity index (χ3v) is 5.67. The minimum absolute atomic E-state index is 0.498. The molecule has 1 heterocycles. The third-order valence-electron chi connectivity index (χ3n) is 4.73. The number of anilines is 1. The number of methoxy groups -OCH3 is 2. The zero-order valence-electron chi connectivity index (χ0n) is 18.5. The lowest BCUT2D eigenvalue weighted by molar-refractivity contribution is 0.234. The Morgan fingerprint density at radius 3 is 2.30 bits per heavy atom. The zero-order chi connectivity index (χ0) is 22.9. The second-order valence-corrected chi connectivity index (χ2v) is 8.00. The number of hydrazone groups is 1. The Morgan fingerprint density at radius 1 is 0.848 bits per heavy atom. The van der Waals surface area contributed by atoms with Crippen LogP contribution in [0.3, 0.4) is 0 Å². The molecule has 0 aliphatic rings. The van der Waals surface area contributed by atoms with Gasteiger partial charge in [-0.15, -0.1) is 0 Å². The van der Waals surface area contributed by atoms with Crippen LogP contribution in [0, 0.1) is 0 Å². The van der Waals surface area contributed by atoms with Crippen LogP contribution in [0.5, 0.6) is 23.0 Å². The lowest BCUT2D eigenvalue weighted by atomic mass is 10.2. The van der Waals surface area contributed by atoms with Gasteiger partial charge in [-0.3, -0.25) is 5.43 Å². The average molecular weight is 464 g/mol. The minimum Gasteiger partial charge on any atom is -0.493 e. The van der Waals surface area contributed by atoms with Crippen LogP contribution in [0.2, 0.25) is 0 Å². The molecule has 0 spiro atoms. The van der Waals surface area contributed by atoms with Crippen LogP contribution in [-0.2, 0) is 0 Å². The van der Waals surface area contributed by atoms with Crippen molar-refractivity contribution in [3.05, 3.63) is 72.3 Å². The van der Waals surface area contributed by atoms with E-state index in [1.54, 1.807) is 31.8 Å². The molecule has 0 saturated heterocycles. The molecule has 170 valence electrons. The normalized spacial score (nSPS) is 11.0. The van der Waals surface area contributed by atoms with E-state index in [0.29, 0.717) is 24.7 Å². The van der Waals surface area contributed by atoms with E-state index in [1.807, 2.05) is 66.7 Å². The van der Waals surface area contributed by atoms with Crippen LogP contribution < -0.4 is 24.4 Å². The van der Waals surface area contributed by atoms with Crippen LogP contribution in [-0.4, -0.2) is 38.6 Å². The van der Waals surface area contributed by atoms with Gasteiger partial charge in [0.25, 0.3) is 0 Å². The summed E-state index contributed by atoms with van der Waals surface area (Å²) < 4.78 is 23.5. The number of thiazole rings is 1. The summed E-state index contributed by atoms with van der Waals surface area (Å²) in [5.41, 5.74) is 4.82. The highest BCUT2D eigenvalue weighted by molar-refractivity contribution is 7.22. The summed E-state index contributed by atoms with van der Waals surface area (Å²) in [5, 5.41) is 5.04. The van der Waals surface area contributed by atoms with Crippen molar-refractivity contribution in [3.63, 3.8) is 0 Å². The number of hydrogen-bond acceptors (Lipinski definition) is 8. The molecule has 0 aliphatic heterocycles. The van der Waals surface area contributed by atoms with Gasteiger partial charge in [0.15, 0.2) is 23.0 Å². The van der Waals surface area contributed by atoms with Gasteiger partial charge in [-0.05, 0) is 48.0 Å². The number of benzene rings is 3. The van der Waals surface area contributed by atoms with Gasteiger partial charge in [-0.25, -0.2) is 4.98 Å². The van der Waals surface area contributed by atoms with Gasteiger partial charge >= 0.3 is 0 Å². The van der Waals surface area contributed by atoms with Crippen LogP contribution in [0.15, 0.2) is 71.8 Å². The Labute approximate surface area is 196 Å². The SMILES string of the molecule is COc1ccccc1OCCCOc1ccc(C=NNc2nc3ccccc3s2)cc1OC. The minimum atomic E-state index is 0.498. The van der Waals surface area contributed by atoms with Crippen molar-refractivity contribution in [3.8, 4) is 23.0 Å². The topological polar surface area (TPSA) is 74.2 Å². The highest BCUT2D eigenvalue weighted by Crippen LogP contribution is 2.29. The molecule has 1 N–H and O–H groups in total. The fraction of sp³-hybridized carbons (Fsp3) is 0.200. The first-order valence-electron chi connectivity index (χ1n) is 10.5. The van der Waals surface area contributed by atoms with Crippen molar-refractivity contribution in [2.75, 3.05) is 32.9 Å². The third kappa shape index (κ3) is 5.93. The zero-order valence-corrected chi connectivity index (χ0v) is 19.3. The molecule has 0 aliphatic carbocycles. The lowest BCUT2D eigenvalue weighted by Crippen LogP contribution is -2.06. The number of aromatic nitrogens is 1. The van der Waals surface area contributed by atoms with E-state index in [0.717, 1.165) is 38.8 Å². The lowest BCUT2D eigenvalue weighted by Gasteiger charge is -2.12. The molecule has 7 nitrogen and oxygen atoms in total. The fourth-order valence-corrected chi connectivity index (χ4v) is 3.94. The molecule has 33 heavy (non-hydrogen) atoms. The van der Waals surface area contributed by atoms with Crippen molar-refractivity contribution in [2.24, 2.45) is 5.10 Å². The molecule has 0 radical (unpaired) electrons. The fourth-order valence-electron chi connectivity index (χ4n) is 3.13. The molecule has 0 atom stereocenters. The van der Waals surface area contributed by atoms with Gasteiger partial charge in [-0.1, -0.05) is 35.6 Å². The summed E-state index contributed by atoms with van der Waals surface area (Å²) in [7, 11) is 3.25. The molecular formula is C25H25N3O4S. The number of nitrogens with zero attached hydrogens (tertiary/aromatic N) is 2. The molecule has 0 unspecified atom stereocenters. The maximum absolute atomic E-state index is 5.88. The van der Waals surface area contributed by atoms with Crippen molar-refractivity contribution in [1.82, 2.24) is 4.98 Å². The molecule has 8 heteroatoms. The number of para-hydroxylation sites is 3. The Morgan fingerprint density at radius 2 is 1.55 bits per heavy atom. The molecule has 0 saturated carbocycles. The Balaban J connectivity index is 1.27. The van der Waals surface area contributed by atoms with Gasteiger partial charge in [0, 0.05) is 6.42 Å². The van der Waals surface area contributed by atoms with Gasteiger partial charge in [0.05, 0.1) is 43.9 Å². The molecule has 4 aromatic rings. The number of rotatable bonds is 11. The maximum atomic E-state index is 5.88. The Kier molecular flexibility index (Phi) is 7.60. The summed E-state index contributed by atoms with van der Waals surface area (Å²) in [6.45, 7) is 1.02. The molecule has 1 aromatic heterocycles. The average Bonchev–Trinajstić information content (AvgIpc) is 3.27. The number of ether oxygens (including phenoxy) is 4. The van der Waals surface area contributed by atoms with Gasteiger partial charge in [-0.2, -0.15) is 5.10 Å². The van der Waals surface area contributed by atoms with Crippen LogP contribution in [0.25, 0.3) is 10.2 Å². The van der Waals surface area contributed by atoms with E-state index >= 15 is 0 Å². The van der Waals surface area contributed by atoms with Crippen molar-refractivity contribution in [1.29, 1.82) is 0 Å². The number of fused-ring (bicyclic) bond motifs is 1. The second-order valence-electron chi connectivity index (χ2n) is 6.97. The number of hydrogen-bond donors (Lipinski definition) is 1. The van der Waals surface area contributed by atoms with Crippen LogP contribution in [0.4, 0.5) is 5.13 Å². The predicted octanol–water partition coefficient (Wildman–Crippen LogP) is 5.61. The van der Waals surface area contributed by atoms with Crippen LogP contribution >= 0.6 is 11.3 Å². The second kappa shape index (κ2) is 11.2. The maximum Gasteiger partial charge on any atom is 0.204 e. The van der Waals surface area contributed by atoms with E-state index in [2.05, 4.69) is 15.5 Å². The molecular weight excluding hydrogens is 438 g/mol. The van der Waals surface area contributed by atoms with E-state index < -0.39 is 0 Å². The highest BCUT2D eigenvalue weighted by atomic mass is 32.1. The van der Waals surface area contributed by atoms with Gasteiger partial charge < -0.3 is 18.9 Å². The Hall–Kier alpha value is -3.78. The summed E-state index contributed by atoms with van der Waals surface area (Å²) in [5.74, 6) is 2.76. The highest BCUT2D eigenvalue weighted by Gasteiger charge is 2.07. The van der Waals surface area contributed by atoms with Crippen molar-refractivity contribution in [2.45, 2.75) is 6.42 Å². The smallest absolute Gasteiger partial charge is 0.204 e. The summed E-state index contributed by atoms with van der Waals surface area (Å²) in [6.07, 6.45) is 2.44. The van der Waals surface area contributed by atoms with E-state index in [4.69, 9.17) is 18.9 Å². The predicted molar refractivity (Wildman–Crippen MR) is 132 cm³/mol. The van der Waals surface area contributed by atoms with E-state index in [1.165, 1.54) is 0 Å². The van der Waals surface area contributed by atoms with Gasteiger partial charge in [0.1, 0.15) is 0 Å². The first kappa shape index (κ1) is 22.4. The largest absolute Gasteiger partial charge is 0.493 e. The quantitative estimate of drug-likeness (QED) is 0.177. The standard InChI is InChI=1S/C25H25N3O4S/c1-29-20-9-4-5-10-21(20)31-14-7-15-32-22-13-12-18(16-23(22)30-2)17-26-28-25-27-19-8-3-6-11-24(19)33-25/h3-6,8-13,16-17H,7,14-15H2,1-2H3,(H,27,28). The molecule has 3 aromatic carbocycles. The molecule has 4 rings (SSSR count). The molecule has 0 amide bonds. The molecule has 0 bridgehead atoms. The number of nitrogens with one attached hydrogen (secondary N) is 1. The van der Waals surface area contributed by atoms with E-state index in [9.17, 15) is 0 Å². The Bertz CT molecular complexity index is 1190. The summed E-state index contributed by atoms with van der Waals surface area (Å²) in [6, 6.07) is 21.2.